The van der Waals surface area contributed by atoms with Crippen LogP contribution in [0.5, 0.6) is 0 Å². The lowest BCUT2D eigenvalue weighted by Crippen LogP contribution is -2.24. The zero-order valence-electron chi connectivity index (χ0n) is 9.83. The quantitative estimate of drug-likeness (QED) is 0.761. The predicted molar refractivity (Wildman–Crippen MR) is 67.5 cm³/mol. The van der Waals surface area contributed by atoms with E-state index in [1.807, 2.05) is 32.3 Å². The second kappa shape index (κ2) is 5.94. The van der Waals surface area contributed by atoms with Crippen molar-refractivity contribution in [3.63, 3.8) is 0 Å². The molecule has 1 aromatic rings. The molecule has 0 aliphatic heterocycles. The first kappa shape index (κ1) is 12.3. The van der Waals surface area contributed by atoms with Gasteiger partial charge in [-0.1, -0.05) is 12.6 Å². The fourth-order valence-electron chi connectivity index (χ4n) is 1.55. The summed E-state index contributed by atoms with van der Waals surface area (Å²) in [6.45, 7) is 5.58. The van der Waals surface area contributed by atoms with E-state index in [0.717, 1.165) is 24.4 Å². The van der Waals surface area contributed by atoms with Crippen molar-refractivity contribution < 1.29 is 0 Å². The number of nitrogens with zero attached hydrogens (tertiary/aromatic N) is 2. The summed E-state index contributed by atoms with van der Waals surface area (Å²) in [7, 11) is 3.90. The van der Waals surface area contributed by atoms with Crippen LogP contribution < -0.4 is 10.2 Å². The molecular formula is C13H17N3. The van der Waals surface area contributed by atoms with E-state index in [-0.39, 0.29) is 0 Å². The Kier molecular flexibility index (Phi) is 4.56. The number of anilines is 1. The molecule has 0 fully saturated rings. The molecule has 0 aliphatic rings. The lowest BCUT2D eigenvalue weighted by atomic mass is 10.2. The number of likely N-dealkylation sites (N-methyl/N-ethyl adjacent to an activating group) is 2. The van der Waals surface area contributed by atoms with Gasteiger partial charge in [-0.25, -0.2) is 0 Å². The molecule has 3 heteroatoms. The molecule has 84 valence electrons. The third kappa shape index (κ3) is 3.41. The summed E-state index contributed by atoms with van der Waals surface area (Å²) in [5, 5.41) is 11.9. The number of nitriles is 1. The predicted octanol–water partition coefficient (Wildman–Crippen LogP) is 1.77. The number of hydrogen-bond acceptors (Lipinski definition) is 3. The minimum Gasteiger partial charge on any atom is -0.371 e. The van der Waals surface area contributed by atoms with Crippen LogP contribution in [0, 0.1) is 11.3 Å². The lowest BCUT2D eigenvalue weighted by molar-refractivity contribution is 0.840. The zero-order chi connectivity index (χ0) is 12.0. The molecule has 0 atom stereocenters. The van der Waals surface area contributed by atoms with E-state index in [2.05, 4.69) is 22.9 Å². The SMILES string of the molecule is C=C(CNC)CN(C)c1cccc(C#N)c1. The molecule has 0 unspecified atom stereocenters. The molecule has 1 N–H and O–H groups in total. The largest absolute Gasteiger partial charge is 0.371 e. The van der Waals surface area contributed by atoms with E-state index in [9.17, 15) is 0 Å². The maximum absolute atomic E-state index is 8.81. The van der Waals surface area contributed by atoms with Gasteiger partial charge in [0.15, 0.2) is 0 Å². The van der Waals surface area contributed by atoms with E-state index >= 15 is 0 Å². The summed E-state index contributed by atoms with van der Waals surface area (Å²) in [4.78, 5) is 2.08. The van der Waals surface area contributed by atoms with Crippen molar-refractivity contribution in [3.8, 4) is 6.07 Å². The van der Waals surface area contributed by atoms with E-state index in [1.165, 1.54) is 0 Å². The summed E-state index contributed by atoms with van der Waals surface area (Å²) in [5.41, 5.74) is 2.84. The topological polar surface area (TPSA) is 39.1 Å². The van der Waals surface area contributed by atoms with Gasteiger partial charge < -0.3 is 10.2 Å². The summed E-state index contributed by atoms with van der Waals surface area (Å²) >= 11 is 0. The summed E-state index contributed by atoms with van der Waals surface area (Å²) < 4.78 is 0. The fourth-order valence-corrected chi connectivity index (χ4v) is 1.55. The summed E-state index contributed by atoms with van der Waals surface area (Å²) in [6.07, 6.45) is 0. The third-order valence-corrected chi connectivity index (χ3v) is 2.30. The molecule has 0 amide bonds. The maximum atomic E-state index is 8.81. The first-order valence-corrected chi connectivity index (χ1v) is 5.20. The van der Waals surface area contributed by atoms with Crippen LogP contribution in [-0.2, 0) is 0 Å². The van der Waals surface area contributed by atoms with Crippen LogP contribution in [0.15, 0.2) is 36.4 Å². The van der Waals surface area contributed by atoms with E-state index in [0.29, 0.717) is 5.56 Å². The third-order valence-electron chi connectivity index (χ3n) is 2.30. The van der Waals surface area contributed by atoms with Gasteiger partial charge in [0.1, 0.15) is 0 Å². The monoisotopic (exact) mass is 215 g/mol. The average molecular weight is 215 g/mol. The van der Waals surface area contributed by atoms with Gasteiger partial charge in [-0.3, -0.25) is 0 Å². The first-order valence-electron chi connectivity index (χ1n) is 5.20. The van der Waals surface area contributed by atoms with Crippen LogP contribution in [-0.4, -0.2) is 27.2 Å². The highest BCUT2D eigenvalue weighted by atomic mass is 15.1. The van der Waals surface area contributed by atoms with Crippen molar-refractivity contribution in [2.45, 2.75) is 0 Å². The molecular weight excluding hydrogens is 198 g/mol. The van der Waals surface area contributed by atoms with Crippen LogP contribution >= 0.6 is 0 Å². The summed E-state index contributed by atoms with van der Waals surface area (Å²) in [5.74, 6) is 0. The lowest BCUT2D eigenvalue weighted by Gasteiger charge is -2.20. The van der Waals surface area contributed by atoms with Gasteiger partial charge in [-0.05, 0) is 30.8 Å². The van der Waals surface area contributed by atoms with Gasteiger partial charge in [0.05, 0.1) is 11.6 Å². The Morgan fingerprint density at radius 3 is 2.94 bits per heavy atom. The maximum Gasteiger partial charge on any atom is 0.0992 e. The molecule has 0 aromatic heterocycles. The van der Waals surface area contributed by atoms with Crippen molar-refractivity contribution in [1.82, 2.24) is 5.32 Å². The summed E-state index contributed by atoms with van der Waals surface area (Å²) in [6, 6.07) is 9.71. The van der Waals surface area contributed by atoms with E-state index < -0.39 is 0 Å². The molecule has 0 heterocycles. The highest BCUT2D eigenvalue weighted by molar-refractivity contribution is 5.51. The Hall–Kier alpha value is -1.79. The van der Waals surface area contributed by atoms with E-state index in [1.54, 1.807) is 6.07 Å². The Morgan fingerprint density at radius 1 is 1.56 bits per heavy atom. The molecule has 1 aromatic carbocycles. The standard InChI is InChI=1S/C13H17N3/c1-11(9-15-2)10-16(3)13-6-4-5-12(7-13)8-14/h4-7,15H,1,9-10H2,2-3H3. The zero-order valence-corrected chi connectivity index (χ0v) is 9.83. The molecule has 0 radical (unpaired) electrons. The van der Waals surface area contributed by atoms with Crippen LogP contribution in [0.25, 0.3) is 0 Å². The van der Waals surface area contributed by atoms with Crippen molar-refractivity contribution in [2.75, 3.05) is 32.1 Å². The Morgan fingerprint density at radius 2 is 2.31 bits per heavy atom. The van der Waals surface area contributed by atoms with Crippen molar-refractivity contribution in [2.24, 2.45) is 0 Å². The molecule has 0 saturated heterocycles. The molecule has 16 heavy (non-hydrogen) atoms. The Bertz CT molecular complexity index is 404. The minimum absolute atomic E-state index is 0.684. The Balaban J connectivity index is 2.69. The van der Waals surface area contributed by atoms with Gasteiger partial charge in [-0.2, -0.15) is 5.26 Å². The number of benzene rings is 1. The van der Waals surface area contributed by atoms with Gasteiger partial charge in [0.25, 0.3) is 0 Å². The van der Waals surface area contributed by atoms with Crippen LogP contribution in [0.2, 0.25) is 0 Å². The highest BCUT2D eigenvalue weighted by Crippen LogP contribution is 2.14. The number of rotatable bonds is 5. The Labute approximate surface area is 97.0 Å². The normalized spacial score (nSPS) is 9.56. The van der Waals surface area contributed by atoms with Crippen molar-refractivity contribution in [1.29, 1.82) is 5.26 Å². The smallest absolute Gasteiger partial charge is 0.0992 e. The van der Waals surface area contributed by atoms with Gasteiger partial charge >= 0.3 is 0 Å². The fraction of sp³-hybridized carbons (Fsp3) is 0.308. The average Bonchev–Trinajstić information content (AvgIpc) is 2.29. The molecule has 1 rings (SSSR count). The molecule has 0 aliphatic carbocycles. The second-order valence-electron chi connectivity index (χ2n) is 3.80. The van der Waals surface area contributed by atoms with Crippen LogP contribution in [0.4, 0.5) is 5.69 Å². The minimum atomic E-state index is 0.684. The van der Waals surface area contributed by atoms with Crippen molar-refractivity contribution in [3.05, 3.63) is 42.0 Å². The second-order valence-corrected chi connectivity index (χ2v) is 3.80. The van der Waals surface area contributed by atoms with Gasteiger partial charge in [-0.15, -0.1) is 0 Å². The molecule has 0 saturated carbocycles. The van der Waals surface area contributed by atoms with E-state index in [4.69, 9.17) is 5.26 Å². The number of nitrogens with one attached hydrogen (secondary N) is 1. The van der Waals surface area contributed by atoms with Crippen LogP contribution in [0.3, 0.4) is 0 Å². The van der Waals surface area contributed by atoms with Crippen molar-refractivity contribution >= 4 is 5.69 Å². The van der Waals surface area contributed by atoms with Gasteiger partial charge in [0.2, 0.25) is 0 Å². The number of hydrogen-bond donors (Lipinski definition) is 1. The first-order chi connectivity index (χ1) is 7.67. The van der Waals surface area contributed by atoms with Crippen LogP contribution in [0.1, 0.15) is 5.56 Å². The molecule has 0 spiro atoms. The highest BCUT2D eigenvalue weighted by Gasteiger charge is 2.03. The van der Waals surface area contributed by atoms with Gasteiger partial charge in [0, 0.05) is 25.8 Å². The molecule has 3 nitrogen and oxygen atoms in total. The molecule has 0 bridgehead atoms.